The molecule has 1 rings (SSSR count). The number of nitrogens with zero attached hydrogens (tertiary/aromatic N) is 1. The van der Waals surface area contributed by atoms with E-state index >= 15 is 0 Å². The molecule has 0 unspecified atom stereocenters. The number of rotatable bonds is 4. The summed E-state index contributed by atoms with van der Waals surface area (Å²) in [5, 5.41) is 0. The fourth-order valence-electron chi connectivity index (χ4n) is 1.10. The van der Waals surface area contributed by atoms with Gasteiger partial charge in [0.05, 0.1) is 0 Å². The minimum Gasteiger partial charge on any atom is -0.435 e. The number of hydrogen-bond donors (Lipinski definition) is 0. The molecule has 2 nitrogen and oxygen atoms in total. The molecule has 0 N–H and O–H groups in total. The van der Waals surface area contributed by atoms with Crippen LogP contribution in [0.25, 0.3) is 4.85 Å². The fourth-order valence-corrected chi connectivity index (χ4v) is 1.10. The maximum absolute atomic E-state index is 11.9. The molecule has 74 valence electrons. The van der Waals surface area contributed by atoms with Crippen molar-refractivity contribution in [3.05, 3.63) is 41.2 Å². The molecule has 0 atom stereocenters. The van der Waals surface area contributed by atoms with E-state index in [1.54, 1.807) is 18.2 Å². The van der Waals surface area contributed by atoms with E-state index in [-0.39, 0.29) is 12.3 Å². The Morgan fingerprint density at radius 1 is 1.36 bits per heavy atom. The van der Waals surface area contributed by atoms with Gasteiger partial charge in [-0.1, -0.05) is 18.2 Å². The highest BCUT2D eigenvalue weighted by Gasteiger charge is 2.08. The molecule has 0 amide bonds. The molecule has 0 spiro atoms. The predicted molar refractivity (Wildman–Crippen MR) is 48.2 cm³/mol. The SMILES string of the molecule is [C-]#[N+]CCc1ccccc1OC(F)F. The van der Waals surface area contributed by atoms with E-state index in [9.17, 15) is 8.78 Å². The van der Waals surface area contributed by atoms with E-state index in [0.717, 1.165) is 0 Å². The quantitative estimate of drug-likeness (QED) is 0.676. The monoisotopic (exact) mass is 197 g/mol. The van der Waals surface area contributed by atoms with E-state index in [1.807, 2.05) is 0 Å². The van der Waals surface area contributed by atoms with Gasteiger partial charge in [0, 0.05) is 12.0 Å². The lowest BCUT2D eigenvalue weighted by molar-refractivity contribution is -0.0504. The smallest absolute Gasteiger partial charge is 0.387 e. The molecule has 1 aromatic rings. The highest BCUT2D eigenvalue weighted by molar-refractivity contribution is 5.33. The number of hydrogen-bond acceptors (Lipinski definition) is 1. The highest BCUT2D eigenvalue weighted by atomic mass is 19.3. The van der Waals surface area contributed by atoms with Gasteiger partial charge in [-0.2, -0.15) is 8.78 Å². The van der Waals surface area contributed by atoms with Crippen LogP contribution in [0.15, 0.2) is 24.3 Å². The van der Waals surface area contributed by atoms with Crippen LogP contribution in [0.1, 0.15) is 5.56 Å². The molecule has 0 fully saturated rings. The Kier molecular flexibility index (Phi) is 3.86. The minimum absolute atomic E-state index is 0.158. The third-order valence-corrected chi connectivity index (χ3v) is 1.68. The van der Waals surface area contributed by atoms with E-state index in [1.165, 1.54) is 6.07 Å². The van der Waals surface area contributed by atoms with Crippen LogP contribution in [0.2, 0.25) is 0 Å². The summed E-state index contributed by atoms with van der Waals surface area (Å²) < 4.78 is 28.2. The maximum Gasteiger partial charge on any atom is 0.387 e. The van der Waals surface area contributed by atoms with Crippen molar-refractivity contribution in [2.45, 2.75) is 13.0 Å². The molecule has 14 heavy (non-hydrogen) atoms. The molecular weight excluding hydrogens is 188 g/mol. The number of halogens is 2. The molecule has 0 heterocycles. The van der Waals surface area contributed by atoms with Gasteiger partial charge >= 0.3 is 6.61 Å². The highest BCUT2D eigenvalue weighted by Crippen LogP contribution is 2.20. The van der Waals surface area contributed by atoms with Crippen molar-refractivity contribution in [3.8, 4) is 5.75 Å². The van der Waals surface area contributed by atoms with Gasteiger partial charge in [0.1, 0.15) is 5.75 Å². The number of ether oxygens (including phenoxy) is 1. The van der Waals surface area contributed by atoms with Crippen molar-refractivity contribution < 1.29 is 13.5 Å². The molecule has 0 radical (unpaired) electrons. The molecule has 0 bridgehead atoms. The van der Waals surface area contributed by atoms with Gasteiger partial charge < -0.3 is 9.58 Å². The van der Waals surface area contributed by atoms with Gasteiger partial charge in [-0.25, -0.2) is 6.57 Å². The molecule has 1 aromatic carbocycles. The molecule has 4 heteroatoms. The Bertz CT molecular complexity index is 333. The lowest BCUT2D eigenvalue weighted by atomic mass is 10.1. The van der Waals surface area contributed by atoms with E-state index in [4.69, 9.17) is 6.57 Å². The maximum atomic E-state index is 11.9. The minimum atomic E-state index is -2.82. The van der Waals surface area contributed by atoms with Gasteiger partial charge in [-0.05, 0) is 6.07 Å². The van der Waals surface area contributed by atoms with Crippen LogP contribution in [-0.2, 0) is 6.42 Å². The van der Waals surface area contributed by atoms with Gasteiger partial charge in [0.25, 0.3) is 0 Å². The second kappa shape index (κ2) is 5.18. The van der Waals surface area contributed by atoms with Crippen LogP contribution in [0, 0.1) is 6.57 Å². The van der Waals surface area contributed by atoms with Crippen LogP contribution >= 0.6 is 0 Å². The van der Waals surface area contributed by atoms with Crippen molar-refractivity contribution in [3.63, 3.8) is 0 Å². The van der Waals surface area contributed by atoms with Crippen LogP contribution in [-0.4, -0.2) is 13.2 Å². The average Bonchev–Trinajstić information content (AvgIpc) is 2.16. The first-order chi connectivity index (χ1) is 6.74. The Labute approximate surface area is 80.9 Å². The van der Waals surface area contributed by atoms with Crippen molar-refractivity contribution in [2.75, 3.05) is 6.54 Å². The van der Waals surface area contributed by atoms with Crippen LogP contribution in [0.3, 0.4) is 0 Å². The predicted octanol–water partition coefficient (Wildman–Crippen LogP) is 2.75. The third-order valence-electron chi connectivity index (χ3n) is 1.68. The van der Waals surface area contributed by atoms with E-state index in [0.29, 0.717) is 12.0 Å². The largest absolute Gasteiger partial charge is 0.435 e. The summed E-state index contributed by atoms with van der Waals surface area (Å²) in [6.07, 6.45) is 0.437. The summed E-state index contributed by atoms with van der Waals surface area (Å²) in [4.78, 5) is 3.16. The van der Waals surface area contributed by atoms with Gasteiger partial charge in [-0.15, -0.1) is 0 Å². The summed E-state index contributed by atoms with van der Waals surface area (Å²) in [6, 6.07) is 6.52. The summed E-state index contributed by atoms with van der Waals surface area (Å²) >= 11 is 0. The average molecular weight is 197 g/mol. The van der Waals surface area contributed by atoms with Crippen LogP contribution < -0.4 is 4.74 Å². The number of para-hydroxylation sites is 1. The zero-order valence-electron chi connectivity index (χ0n) is 7.41. The molecule has 0 aromatic heterocycles. The van der Waals surface area contributed by atoms with Crippen molar-refractivity contribution in [1.82, 2.24) is 0 Å². The fraction of sp³-hybridized carbons (Fsp3) is 0.300. The topological polar surface area (TPSA) is 13.6 Å². The summed E-state index contributed by atoms with van der Waals surface area (Å²) in [6.45, 7) is 4.07. The summed E-state index contributed by atoms with van der Waals surface area (Å²) in [5.74, 6) is 0.158. The van der Waals surface area contributed by atoms with Gasteiger partial charge in [0.2, 0.25) is 6.54 Å². The zero-order valence-corrected chi connectivity index (χ0v) is 7.41. The Balaban J connectivity index is 2.76. The van der Waals surface area contributed by atoms with Crippen LogP contribution in [0.5, 0.6) is 5.75 Å². The molecule has 0 saturated heterocycles. The van der Waals surface area contributed by atoms with Gasteiger partial charge in [-0.3, -0.25) is 0 Å². The normalized spacial score (nSPS) is 9.86. The van der Waals surface area contributed by atoms with E-state index < -0.39 is 6.61 Å². The molecular formula is C10H9F2NO. The van der Waals surface area contributed by atoms with Gasteiger partial charge in [0.15, 0.2) is 0 Å². The second-order valence-corrected chi connectivity index (χ2v) is 2.62. The van der Waals surface area contributed by atoms with E-state index in [2.05, 4.69) is 9.58 Å². The lowest BCUT2D eigenvalue weighted by Gasteiger charge is -2.07. The van der Waals surface area contributed by atoms with Crippen molar-refractivity contribution in [2.24, 2.45) is 0 Å². The van der Waals surface area contributed by atoms with Crippen molar-refractivity contribution in [1.29, 1.82) is 0 Å². The second-order valence-electron chi connectivity index (χ2n) is 2.62. The Morgan fingerprint density at radius 3 is 2.71 bits per heavy atom. The third kappa shape index (κ3) is 3.02. The molecule has 0 saturated carbocycles. The Morgan fingerprint density at radius 2 is 2.07 bits per heavy atom. The first-order valence-electron chi connectivity index (χ1n) is 4.10. The first kappa shape index (κ1) is 10.5. The molecule has 0 aliphatic carbocycles. The van der Waals surface area contributed by atoms with Crippen molar-refractivity contribution >= 4 is 0 Å². The molecule has 0 aliphatic rings. The zero-order chi connectivity index (χ0) is 10.4. The standard InChI is InChI=1S/C10H9F2NO/c1-13-7-6-8-4-2-3-5-9(8)14-10(11)12/h2-5,10H,6-7H2. The number of alkyl halides is 2. The van der Waals surface area contributed by atoms with Crippen LogP contribution in [0.4, 0.5) is 8.78 Å². The lowest BCUT2D eigenvalue weighted by Crippen LogP contribution is -2.04. The molecule has 0 aliphatic heterocycles. The number of benzene rings is 1. The summed E-state index contributed by atoms with van der Waals surface area (Å²) in [5.41, 5.74) is 0.642. The Hall–Kier alpha value is -1.63. The summed E-state index contributed by atoms with van der Waals surface area (Å²) in [7, 11) is 0. The first-order valence-corrected chi connectivity index (χ1v) is 4.10.